The van der Waals surface area contributed by atoms with Crippen molar-refractivity contribution in [1.29, 1.82) is 0 Å². The fourth-order valence-electron chi connectivity index (χ4n) is 1.49. The third-order valence-corrected chi connectivity index (χ3v) is 4.89. The number of carboxylic acid groups (broad SMARTS) is 1. The summed E-state index contributed by atoms with van der Waals surface area (Å²) in [6.07, 6.45) is 2.32. The van der Waals surface area contributed by atoms with E-state index in [1.54, 1.807) is 30.1 Å². The molecule has 0 radical (unpaired) electrons. The average Bonchev–Trinajstić information content (AvgIpc) is 2.79. The molecule has 0 fully saturated rings. The maximum absolute atomic E-state index is 12.0. The summed E-state index contributed by atoms with van der Waals surface area (Å²) in [5.41, 5.74) is 0. The topological polar surface area (TPSA) is 69.6 Å². The molecule has 0 aliphatic heterocycles. The predicted octanol–water partition coefficient (Wildman–Crippen LogP) is 2.86. The minimum absolute atomic E-state index is 0.372. The monoisotopic (exact) mass is 380 g/mol. The van der Waals surface area contributed by atoms with Crippen molar-refractivity contribution in [1.82, 2.24) is 10.2 Å². The lowest BCUT2D eigenvalue weighted by Gasteiger charge is -2.20. The maximum Gasteiger partial charge on any atom is 0.326 e. The van der Waals surface area contributed by atoms with Crippen molar-refractivity contribution < 1.29 is 14.7 Å². The van der Waals surface area contributed by atoms with E-state index in [9.17, 15) is 9.59 Å². The zero-order chi connectivity index (χ0) is 15.1. The van der Waals surface area contributed by atoms with Gasteiger partial charge in [0, 0.05) is 21.8 Å². The molecule has 1 unspecified atom stereocenters. The smallest absolute Gasteiger partial charge is 0.326 e. The normalized spacial score (nSPS) is 11.9. The highest BCUT2D eigenvalue weighted by Gasteiger charge is 2.21. The fraction of sp³-hybridized carbons (Fsp3) is 0.500. The van der Waals surface area contributed by atoms with Gasteiger partial charge in [0.1, 0.15) is 6.04 Å². The quantitative estimate of drug-likeness (QED) is 0.762. The molecule has 1 aromatic heterocycles. The average molecular weight is 381 g/mol. The van der Waals surface area contributed by atoms with Crippen LogP contribution < -0.4 is 5.32 Å². The van der Waals surface area contributed by atoms with Crippen LogP contribution in [0.25, 0.3) is 0 Å². The lowest BCUT2D eigenvalue weighted by atomic mass is 10.2. The Labute approximate surface area is 134 Å². The van der Waals surface area contributed by atoms with Crippen molar-refractivity contribution >= 4 is 51.0 Å². The van der Waals surface area contributed by atoms with Crippen LogP contribution in [0.3, 0.4) is 0 Å². The Kier molecular flexibility index (Phi) is 7.39. The zero-order valence-electron chi connectivity index (χ0n) is 11.3. The summed E-state index contributed by atoms with van der Waals surface area (Å²) in [5.74, 6) is -0.307. The van der Waals surface area contributed by atoms with E-state index in [0.717, 1.165) is 9.35 Å². The largest absolute Gasteiger partial charge is 0.480 e. The number of thioether (sulfide) groups is 1. The molecule has 5 nitrogen and oxygen atoms in total. The van der Waals surface area contributed by atoms with Gasteiger partial charge in [-0.15, -0.1) is 11.3 Å². The number of nitrogens with zero attached hydrogens (tertiary/aromatic N) is 1. The predicted molar refractivity (Wildman–Crippen MR) is 86.4 cm³/mol. The number of thiophene rings is 1. The van der Waals surface area contributed by atoms with Crippen LogP contribution in [-0.2, 0) is 11.3 Å². The van der Waals surface area contributed by atoms with E-state index in [1.807, 2.05) is 17.7 Å². The molecular weight excluding hydrogens is 364 g/mol. The highest BCUT2D eigenvalue weighted by Crippen LogP contribution is 2.20. The third-order valence-electron chi connectivity index (χ3n) is 2.57. The van der Waals surface area contributed by atoms with Crippen LogP contribution >= 0.6 is 39.0 Å². The van der Waals surface area contributed by atoms with E-state index in [-0.39, 0.29) is 6.03 Å². The molecule has 112 valence electrons. The number of halogens is 1. The molecule has 0 spiro atoms. The van der Waals surface area contributed by atoms with E-state index >= 15 is 0 Å². The zero-order valence-corrected chi connectivity index (χ0v) is 14.5. The first-order valence-electron chi connectivity index (χ1n) is 5.90. The molecular formula is C12H17BrN2O3S2. The van der Waals surface area contributed by atoms with Crippen molar-refractivity contribution in [3.05, 3.63) is 20.8 Å². The van der Waals surface area contributed by atoms with Crippen molar-refractivity contribution in [2.24, 2.45) is 0 Å². The molecule has 0 bridgehead atoms. The standard InChI is InChI=1S/C12H17BrN2O3S2/c1-15(6-9-5-8(13)7-20-9)12(18)14-10(11(16)17)3-4-19-2/h5,7,10H,3-4,6H2,1-2H3,(H,14,18)(H,16,17). The number of amides is 2. The molecule has 0 aliphatic carbocycles. The molecule has 20 heavy (non-hydrogen) atoms. The van der Waals surface area contributed by atoms with Gasteiger partial charge in [-0.2, -0.15) is 11.8 Å². The van der Waals surface area contributed by atoms with E-state index in [2.05, 4.69) is 21.2 Å². The van der Waals surface area contributed by atoms with Gasteiger partial charge < -0.3 is 15.3 Å². The molecule has 0 aromatic carbocycles. The van der Waals surface area contributed by atoms with Crippen LogP contribution in [0.2, 0.25) is 0 Å². The van der Waals surface area contributed by atoms with Crippen molar-refractivity contribution in [2.75, 3.05) is 19.1 Å². The fourth-order valence-corrected chi connectivity index (χ4v) is 3.47. The number of rotatable bonds is 7. The van der Waals surface area contributed by atoms with Gasteiger partial charge in [-0.05, 0) is 40.4 Å². The number of aliphatic carboxylic acids is 1. The number of nitrogens with one attached hydrogen (secondary N) is 1. The Bertz CT molecular complexity index is 467. The minimum atomic E-state index is -1.00. The number of hydrogen-bond acceptors (Lipinski definition) is 4. The first-order chi connectivity index (χ1) is 9.43. The lowest BCUT2D eigenvalue weighted by Crippen LogP contribution is -2.46. The van der Waals surface area contributed by atoms with E-state index in [4.69, 9.17) is 5.11 Å². The van der Waals surface area contributed by atoms with Crippen molar-refractivity contribution in [2.45, 2.75) is 19.0 Å². The van der Waals surface area contributed by atoms with Crippen LogP contribution in [0.5, 0.6) is 0 Å². The summed E-state index contributed by atoms with van der Waals surface area (Å²) in [4.78, 5) is 25.6. The number of carbonyl (C=O) groups is 2. The van der Waals surface area contributed by atoms with Crippen LogP contribution in [0.4, 0.5) is 4.79 Å². The molecule has 1 rings (SSSR count). The molecule has 2 amide bonds. The Morgan fingerprint density at radius 3 is 2.80 bits per heavy atom. The Morgan fingerprint density at radius 1 is 1.60 bits per heavy atom. The molecule has 2 N–H and O–H groups in total. The van der Waals surface area contributed by atoms with E-state index in [1.165, 1.54) is 4.90 Å². The first kappa shape index (κ1) is 17.3. The third kappa shape index (κ3) is 5.72. The number of carboxylic acids is 1. The van der Waals surface area contributed by atoms with Gasteiger partial charge in [-0.1, -0.05) is 0 Å². The van der Waals surface area contributed by atoms with Gasteiger partial charge in [0.05, 0.1) is 6.54 Å². The highest BCUT2D eigenvalue weighted by atomic mass is 79.9. The summed E-state index contributed by atoms with van der Waals surface area (Å²) in [6, 6.07) is 0.729. The van der Waals surface area contributed by atoms with Gasteiger partial charge in [0.25, 0.3) is 0 Å². The Morgan fingerprint density at radius 2 is 2.30 bits per heavy atom. The molecule has 8 heteroatoms. The van der Waals surface area contributed by atoms with Crippen LogP contribution in [0.15, 0.2) is 15.9 Å². The molecule has 0 saturated heterocycles. The second-order valence-corrected chi connectivity index (χ2v) is 7.11. The van der Waals surface area contributed by atoms with Gasteiger partial charge in [0.15, 0.2) is 0 Å². The van der Waals surface area contributed by atoms with Crippen LogP contribution in [0.1, 0.15) is 11.3 Å². The summed E-state index contributed by atoms with van der Waals surface area (Å²) in [7, 11) is 1.65. The van der Waals surface area contributed by atoms with Gasteiger partial charge in [-0.25, -0.2) is 9.59 Å². The maximum atomic E-state index is 12.0. The second-order valence-electron chi connectivity index (χ2n) is 4.21. The van der Waals surface area contributed by atoms with Crippen molar-refractivity contribution in [3.63, 3.8) is 0 Å². The van der Waals surface area contributed by atoms with Crippen molar-refractivity contribution in [3.8, 4) is 0 Å². The SMILES string of the molecule is CSCCC(NC(=O)N(C)Cc1cc(Br)cs1)C(=O)O. The molecule has 1 heterocycles. The summed E-state index contributed by atoms with van der Waals surface area (Å²) in [6.45, 7) is 0.455. The van der Waals surface area contributed by atoms with E-state index in [0.29, 0.717) is 18.7 Å². The molecule has 0 saturated carbocycles. The van der Waals surface area contributed by atoms with E-state index < -0.39 is 12.0 Å². The Hall–Kier alpha value is -0.730. The summed E-state index contributed by atoms with van der Waals surface area (Å²) < 4.78 is 0.981. The van der Waals surface area contributed by atoms with Gasteiger partial charge in [-0.3, -0.25) is 0 Å². The Balaban J connectivity index is 2.52. The second kappa shape index (κ2) is 8.53. The van der Waals surface area contributed by atoms with Crippen LogP contribution in [-0.4, -0.2) is 47.1 Å². The minimum Gasteiger partial charge on any atom is -0.480 e. The molecule has 1 atom stereocenters. The van der Waals surface area contributed by atoms with Gasteiger partial charge >= 0.3 is 12.0 Å². The number of carbonyl (C=O) groups excluding carboxylic acids is 1. The first-order valence-corrected chi connectivity index (χ1v) is 8.97. The summed E-state index contributed by atoms with van der Waals surface area (Å²) in [5, 5.41) is 13.6. The van der Waals surface area contributed by atoms with Crippen LogP contribution in [0, 0.1) is 0 Å². The lowest BCUT2D eigenvalue weighted by molar-refractivity contribution is -0.139. The van der Waals surface area contributed by atoms with Gasteiger partial charge in [0.2, 0.25) is 0 Å². The summed E-state index contributed by atoms with van der Waals surface area (Å²) >= 11 is 6.46. The number of hydrogen-bond donors (Lipinski definition) is 2. The number of urea groups is 1. The molecule has 1 aromatic rings. The highest BCUT2D eigenvalue weighted by molar-refractivity contribution is 9.10. The molecule has 0 aliphatic rings.